The largest absolute Gasteiger partial charge is 0.343 e. The summed E-state index contributed by atoms with van der Waals surface area (Å²) in [5.41, 5.74) is 1.16. The Morgan fingerprint density at radius 1 is 1.30 bits per heavy atom. The van der Waals surface area contributed by atoms with E-state index in [1.165, 1.54) is 9.75 Å². The number of hydrogen-bond acceptors (Lipinski definition) is 4. The van der Waals surface area contributed by atoms with Gasteiger partial charge in [0.2, 0.25) is 5.91 Å². The lowest BCUT2D eigenvalue weighted by molar-refractivity contribution is -0.122. The highest BCUT2D eigenvalue weighted by Crippen LogP contribution is 2.47. The van der Waals surface area contributed by atoms with E-state index in [2.05, 4.69) is 33.3 Å². The Balaban J connectivity index is 1.49. The molecule has 1 aliphatic carbocycles. The maximum Gasteiger partial charge on any atom is 0.224 e. The molecule has 1 amide bonds. The number of rotatable bonds is 5. The first-order chi connectivity index (χ1) is 11.2. The molecule has 3 aromatic heterocycles. The molecule has 1 aliphatic rings. The molecule has 3 aromatic rings. The van der Waals surface area contributed by atoms with E-state index < -0.39 is 0 Å². The zero-order chi connectivity index (χ0) is 15.8. The average Bonchev–Trinajstić information content (AvgIpc) is 3.01. The molecule has 0 bridgehead atoms. The normalized spacial score (nSPS) is 19.9. The Kier molecular flexibility index (Phi) is 3.79. The fourth-order valence-electron chi connectivity index (χ4n) is 2.93. The third-order valence-electron chi connectivity index (χ3n) is 4.22. The third-order valence-corrected chi connectivity index (χ3v) is 6.10. The number of amides is 1. The second-order valence-electron chi connectivity index (χ2n) is 5.87. The van der Waals surface area contributed by atoms with E-state index in [0.717, 1.165) is 12.0 Å². The Morgan fingerprint density at radius 2 is 2.00 bits per heavy atom. The van der Waals surface area contributed by atoms with Gasteiger partial charge in [-0.2, -0.15) is 5.10 Å². The summed E-state index contributed by atoms with van der Waals surface area (Å²) < 4.78 is 1.79. The van der Waals surface area contributed by atoms with Crippen molar-refractivity contribution in [2.24, 2.45) is 13.0 Å². The molecular weight excluding hydrogens is 326 g/mol. The topological polar surface area (TPSA) is 46.9 Å². The van der Waals surface area contributed by atoms with Crippen LogP contribution in [-0.4, -0.2) is 15.7 Å². The summed E-state index contributed by atoms with van der Waals surface area (Å²) in [5, 5.41) is 11.6. The second-order valence-corrected chi connectivity index (χ2v) is 7.83. The van der Waals surface area contributed by atoms with Crippen LogP contribution >= 0.6 is 22.7 Å². The first-order valence-electron chi connectivity index (χ1n) is 7.58. The van der Waals surface area contributed by atoms with Crippen molar-refractivity contribution in [1.82, 2.24) is 15.1 Å². The van der Waals surface area contributed by atoms with Gasteiger partial charge in [0.1, 0.15) is 0 Å². The molecule has 3 heterocycles. The Hall–Kier alpha value is -1.92. The molecule has 6 heteroatoms. The van der Waals surface area contributed by atoms with E-state index >= 15 is 0 Å². The van der Waals surface area contributed by atoms with Gasteiger partial charge in [-0.25, -0.2) is 0 Å². The Morgan fingerprint density at radius 3 is 2.52 bits per heavy atom. The summed E-state index contributed by atoms with van der Waals surface area (Å²) in [6.07, 6.45) is 4.79. The molecule has 0 aliphatic heterocycles. The van der Waals surface area contributed by atoms with Crippen LogP contribution in [-0.2, 0) is 11.8 Å². The van der Waals surface area contributed by atoms with Gasteiger partial charge < -0.3 is 5.32 Å². The van der Waals surface area contributed by atoms with E-state index in [1.807, 2.05) is 31.6 Å². The zero-order valence-corrected chi connectivity index (χ0v) is 14.3. The van der Waals surface area contributed by atoms with E-state index in [4.69, 9.17) is 0 Å². The van der Waals surface area contributed by atoms with Crippen LogP contribution in [0, 0.1) is 5.92 Å². The highest BCUT2D eigenvalue weighted by molar-refractivity contribution is 7.11. The van der Waals surface area contributed by atoms with Crippen LogP contribution in [0.2, 0.25) is 0 Å². The summed E-state index contributed by atoms with van der Waals surface area (Å²) in [7, 11) is 1.91. The van der Waals surface area contributed by atoms with Crippen molar-refractivity contribution in [3.63, 3.8) is 0 Å². The van der Waals surface area contributed by atoms with Gasteiger partial charge in [-0.05, 0) is 40.8 Å². The molecular formula is C17H17N3OS2. The van der Waals surface area contributed by atoms with Crippen molar-refractivity contribution in [1.29, 1.82) is 0 Å². The van der Waals surface area contributed by atoms with Crippen LogP contribution in [0.25, 0.3) is 0 Å². The number of hydrogen-bond donors (Lipinski definition) is 1. The number of carbonyl (C=O) groups excluding carboxylic acids is 1. The standard InChI is InChI=1S/C17H17N3OS2/c1-20-10-11(9-18-20)12-8-13(12)17(21)19-16(14-4-2-6-22-14)15-5-3-7-23-15/h2-7,9-10,12-13,16H,8H2,1H3,(H,19,21)/t12-,13-/m1/s1. The highest BCUT2D eigenvalue weighted by Gasteiger charge is 2.45. The van der Waals surface area contributed by atoms with Crippen LogP contribution in [0.3, 0.4) is 0 Å². The monoisotopic (exact) mass is 343 g/mol. The van der Waals surface area contributed by atoms with Gasteiger partial charge in [0, 0.05) is 28.9 Å². The van der Waals surface area contributed by atoms with Crippen LogP contribution in [0.1, 0.15) is 33.7 Å². The first kappa shape index (κ1) is 14.7. The lowest BCUT2D eigenvalue weighted by Crippen LogP contribution is -2.29. The van der Waals surface area contributed by atoms with E-state index in [1.54, 1.807) is 27.4 Å². The molecule has 0 spiro atoms. The quantitative estimate of drug-likeness (QED) is 0.770. The maximum absolute atomic E-state index is 12.7. The summed E-state index contributed by atoms with van der Waals surface area (Å²) in [5.74, 6) is 0.531. The van der Waals surface area contributed by atoms with Gasteiger partial charge in [-0.1, -0.05) is 12.1 Å². The van der Waals surface area contributed by atoms with Crippen LogP contribution in [0.15, 0.2) is 47.4 Å². The number of nitrogens with one attached hydrogen (secondary N) is 1. The second kappa shape index (κ2) is 5.94. The summed E-state index contributed by atoms with van der Waals surface area (Å²) in [6.45, 7) is 0. The molecule has 1 fully saturated rings. The molecule has 4 rings (SSSR count). The molecule has 118 valence electrons. The highest BCUT2D eigenvalue weighted by atomic mass is 32.1. The summed E-state index contributed by atoms with van der Waals surface area (Å²) >= 11 is 3.36. The minimum atomic E-state index is -0.0300. The lowest BCUT2D eigenvalue weighted by atomic mass is 10.1. The van der Waals surface area contributed by atoms with Gasteiger partial charge in [-0.15, -0.1) is 22.7 Å². The SMILES string of the molecule is Cn1cc([C@H]2C[C@H]2C(=O)NC(c2cccs2)c2cccs2)cn1. The molecule has 0 unspecified atom stereocenters. The number of thiophene rings is 2. The third kappa shape index (κ3) is 2.96. The molecule has 0 saturated heterocycles. The van der Waals surface area contributed by atoms with Crippen molar-refractivity contribution in [2.75, 3.05) is 0 Å². The van der Waals surface area contributed by atoms with Gasteiger partial charge in [-0.3, -0.25) is 9.48 Å². The zero-order valence-electron chi connectivity index (χ0n) is 12.7. The Labute approximate surface area is 142 Å². The predicted octanol–water partition coefficient (Wildman–Crippen LogP) is 3.55. The van der Waals surface area contributed by atoms with Gasteiger partial charge in [0.25, 0.3) is 0 Å². The van der Waals surface area contributed by atoms with Crippen LogP contribution < -0.4 is 5.32 Å². The molecule has 0 radical (unpaired) electrons. The molecule has 1 N–H and O–H groups in total. The van der Waals surface area contributed by atoms with Crippen molar-refractivity contribution in [3.05, 3.63) is 62.7 Å². The minimum Gasteiger partial charge on any atom is -0.343 e. The van der Waals surface area contributed by atoms with Gasteiger partial charge in [0.05, 0.1) is 12.2 Å². The van der Waals surface area contributed by atoms with Crippen molar-refractivity contribution in [2.45, 2.75) is 18.4 Å². The Bertz CT molecular complexity index is 758. The molecule has 0 aromatic carbocycles. The predicted molar refractivity (Wildman–Crippen MR) is 92.7 cm³/mol. The van der Waals surface area contributed by atoms with E-state index in [0.29, 0.717) is 5.92 Å². The fourth-order valence-corrected chi connectivity index (χ4v) is 4.59. The summed E-state index contributed by atoms with van der Waals surface area (Å²) in [6, 6.07) is 8.20. The van der Waals surface area contributed by atoms with Crippen molar-refractivity contribution in [3.8, 4) is 0 Å². The van der Waals surface area contributed by atoms with E-state index in [9.17, 15) is 4.79 Å². The van der Waals surface area contributed by atoms with Crippen LogP contribution in [0.5, 0.6) is 0 Å². The van der Waals surface area contributed by atoms with Crippen molar-refractivity contribution >= 4 is 28.6 Å². The average molecular weight is 343 g/mol. The first-order valence-corrected chi connectivity index (χ1v) is 9.34. The number of carbonyl (C=O) groups is 1. The van der Waals surface area contributed by atoms with Gasteiger partial charge >= 0.3 is 0 Å². The summed E-state index contributed by atoms with van der Waals surface area (Å²) in [4.78, 5) is 15.0. The molecule has 1 saturated carbocycles. The number of aromatic nitrogens is 2. The van der Waals surface area contributed by atoms with Crippen LogP contribution in [0.4, 0.5) is 0 Å². The van der Waals surface area contributed by atoms with E-state index in [-0.39, 0.29) is 17.9 Å². The van der Waals surface area contributed by atoms with Gasteiger partial charge in [0.15, 0.2) is 0 Å². The number of aryl methyl sites for hydroxylation is 1. The smallest absolute Gasteiger partial charge is 0.224 e. The van der Waals surface area contributed by atoms with Crippen molar-refractivity contribution < 1.29 is 4.79 Å². The fraction of sp³-hybridized carbons (Fsp3) is 0.294. The molecule has 4 nitrogen and oxygen atoms in total. The number of nitrogens with zero attached hydrogens (tertiary/aromatic N) is 2. The molecule has 23 heavy (non-hydrogen) atoms. The minimum absolute atomic E-state index is 0.0300. The lowest BCUT2D eigenvalue weighted by Gasteiger charge is -2.16. The maximum atomic E-state index is 12.7. The molecule has 2 atom stereocenters.